The Bertz CT molecular complexity index is 571. The van der Waals surface area contributed by atoms with E-state index in [-0.39, 0.29) is 5.54 Å². The summed E-state index contributed by atoms with van der Waals surface area (Å²) in [5.41, 5.74) is 4.14. The first-order valence-electron chi connectivity index (χ1n) is 7.41. The predicted octanol–water partition coefficient (Wildman–Crippen LogP) is 3.75. The number of thiazole rings is 1. The molecule has 1 aliphatic carbocycles. The lowest BCUT2D eigenvalue weighted by atomic mass is 9.96. The van der Waals surface area contributed by atoms with Gasteiger partial charge in [0.15, 0.2) is 0 Å². The van der Waals surface area contributed by atoms with Crippen molar-refractivity contribution in [3.8, 4) is 0 Å². The molecule has 0 amide bonds. The Morgan fingerprint density at radius 2 is 1.85 bits per heavy atom. The standard InChI is InChI=1S/C17H22N2S/c1-4-9-18-17(16-19-12(2)13(3)20-16)10-14-7-5-6-8-15(14)11-17/h5-8,18H,4,9-11H2,1-3H3. The largest absolute Gasteiger partial charge is 0.305 e. The highest BCUT2D eigenvalue weighted by Gasteiger charge is 2.40. The zero-order valence-electron chi connectivity index (χ0n) is 12.5. The van der Waals surface area contributed by atoms with Crippen molar-refractivity contribution < 1.29 is 0 Å². The highest BCUT2D eigenvalue weighted by Crippen LogP contribution is 2.40. The molecule has 0 aliphatic heterocycles. The second kappa shape index (κ2) is 5.30. The molecule has 1 heterocycles. The third-order valence-corrected chi connectivity index (χ3v) is 5.53. The molecule has 0 atom stereocenters. The van der Waals surface area contributed by atoms with Gasteiger partial charge < -0.3 is 5.32 Å². The van der Waals surface area contributed by atoms with Gasteiger partial charge in [-0.05, 0) is 50.8 Å². The predicted molar refractivity (Wildman–Crippen MR) is 85.4 cm³/mol. The minimum Gasteiger partial charge on any atom is -0.305 e. The van der Waals surface area contributed by atoms with Crippen molar-refractivity contribution in [2.45, 2.75) is 45.6 Å². The molecule has 20 heavy (non-hydrogen) atoms. The van der Waals surface area contributed by atoms with Crippen LogP contribution in [0.4, 0.5) is 0 Å². The number of nitrogens with zero attached hydrogens (tertiary/aromatic N) is 1. The lowest BCUT2D eigenvalue weighted by Crippen LogP contribution is -2.43. The van der Waals surface area contributed by atoms with E-state index in [0.29, 0.717) is 0 Å². The van der Waals surface area contributed by atoms with E-state index < -0.39 is 0 Å². The van der Waals surface area contributed by atoms with Crippen molar-refractivity contribution in [3.63, 3.8) is 0 Å². The van der Waals surface area contributed by atoms with E-state index in [9.17, 15) is 0 Å². The van der Waals surface area contributed by atoms with Crippen LogP contribution in [-0.2, 0) is 18.4 Å². The van der Waals surface area contributed by atoms with Gasteiger partial charge >= 0.3 is 0 Å². The number of hydrogen-bond acceptors (Lipinski definition) is 3. The van der Waals surface area contributed by atoms with E-state index in [2.05, 4.69) is 50.4 Å². The van der Waals surface area contributed by atoms with Crippen LogP contribution in [0.15, 0.2) is 24.3 Å². The van der Waals surface area contributed by atoms with Crippen LogP contribution in [-0.4, -0.2) is 11.5 Å². The molecule has 0 saturated heterocycles. The van der Waals surface area contributed by atoms with Crippen LogP contribution in [0, 0.1) is 13.8 Å². The molecule has 2 aromatic rings. The van der Waals surface area contributed by atoms with Gasteiger partial charge in [0.05, 0.1) is 11.2 Å². The van der Waals surface area contributed by atoms with Crippen LogP contribution in [0.2, 0.25) is 0 Å². The van der Waals surface area contributed by atoms with Gasteiger partial charge in [0.25, 0.3) is 0 Å². The minimum atomic E-state index is 0.0172. The Kier molecular flexibility index (Phi) is 3.65. The maximum Gasteiger partial charge on any atom is 0.114 e. The summed E-state index contributed by atoms with van der Waals surface area (Å²) in [5.74, 6) is 0. The van der Waals surface area contributed by atoms with Crippen molar-refractivity contribution >= 4 is 11.3 Å². The number of rotatable bonds is 4. The van der Waals surface area contributed by atoms with Crippen LogP contribution >= 0.6 is 11.3 Å². The van der Waals surface area contributed by atoms with Crippen LogP contribution in [0.25, 0.3) is 0 Å². The highest BCUT2D eigenvalue weighted by atomic mass is 32.1. The molecule has 0 unspecified atom stereocenters. The molecular formula is C17H22N2S. The van der Waals surface area contributed by atoms with E-state index in [1.165, 1.54) is 26.7 Å². The third-order valence-electron chi connectivity index (χ3n) is 4.25. The third kappa shape index (κ3) is 2.29. The molecule has 3 rings (SSSR count). The van der Waals surface area contributed by atoms with Gasteiger partial charge in [0.1, 0.15) is 5.01 Å². The Hall–Kier alpha value is -1.19. The molecule has 106 valence electrons. The second-order valence-corrected chi connectivity index (χ2v) is 6.99. The molecule has 1 aliphatic rings. The van der Waals surface area contributed by atoms with E-state index >= 15 is 0 Å². The summed E-state index contributed by atoms with van der Waals surface area (Å²) in [5, 5.41) is 5.06. The zero-order chi connectivity index (χ0) is 14.2. The van der Waals surface area contributed by atoms with E-state index in [1.54, 1.807) is 0 Å². The molecule has 0 saturated carbocycles. The first-order valence-corrected chi connectivity index (χ1v) is 8.22. The van der Waals surface area contributed by atoms with Gasteiger partial charge in [-0.3, -0.25) is 0 Å². The molecule has 3 heteroatoms. The number of benzene rings is 1. The van der Waals surface area contributed by atoms with Crippen molar-refractivity contribution in [1.82, 2.24) is 10.3 Å². The lowest BCUT2D eigenvalue weighted by molar-refractivity contribution is 0.348. The van der Waals surface area contributed by atoms with Crippen molar-refractivity contribution in [2.75, 3.05) is 6.54 Å². The smallest absolute Gasteiger partial charge is 0.114 e. The second-order valence-electron chi connectivity index (χ2n) is 5.79. The SMILES string of the molecule is CCCNC1(c2nc(C)c(C)s2)Cc2ccccc2C1. The van der Waals surface area contributed by atoms with Crippen LogP contribution in [0.5, 0.6) is 0 Å². The minimum absolute atomic E-state index is 0.0172. The summed E-state index contributed by atoms with van der Waals surface area (Å²) in [4.78, 5) is 6.20. The first kappa shape index (κ1) is 13.8. The molecule has 1 aromatic carbocycles. The Balaban J connectivity index is 1.99. The summed E-state index contributed by atoms with van der Waals surface area (Å²) in [7, 11) is 0. The van der Waals surface area contributed by atoms with Gasteiger partial charge in [-0.15, -0.1) is 11.3 Å². The van der Waals surface area contributed by atoms with Crippen molar-refractivity contribution in [1.29, 1.82) is 0 Å². The van der Waals surface area contributed by atoms with E-state index in [0.717, 1.165) is 25.8 Å². The zero-order valence-corrected chi connectivity index (χ0v) is 13.3. The molecular weight excluding hydrogens is 264 g/mol. The van der Waals surface area contributed by atoms with E-state index in [1.807, 2.05) is 11.3 Å². The summed E-state index contributed by atoms with van der Waals surface area (Å²) < 4.78 is 0. The number of aromatic nitrogens is 1. The normalized spacial score (nSPS) is 16.4. The lowest BCUT2D eigenvalue weighted by Gasteiger charge is -2.28. The summed E-state index contributed by atoms with van der Waals surface area (Å²) >= 11 is 1.86. The van der Waals surface area contributed by atoms with Gasteiger partial charge in [0.2, 0.25) is 0 Å². The average molecular weight is 286 g/mol. The quantitative estimate of drug-likeness (QED) is 0.926. The van der Waals surface area contributed by atoms with E-state index in [4.69, 9.17) is 4.98 Å². The fourth-order valence-electron chi connectivity index (χ4n) is 3.01. The summed E-state index contributed by atoms with van der Waals surface area (Å²) in [6, 6.07) is 8.82. The summed E-state index contributed by atoms with van der Waals surface area (Å²) in [6.45, 7) is 7.56. The van der Waals surface area contributed by atoms with Crippen molar-refractivity contribution in [3.05, 3.63) is 51.0 Å². The van der Waals surface area contributed by atoms with Gasteiger partial charge in [-0.25, -0.2) is 4.98 Å². The molecule has 1 N–H and O–H groups in total. The molecule has 0 radical (unpaired) electrons. The Labute approximate surface area is 125 Å². The summed E-state index contributed by atoms with van der Waals surface area (Å²) in [6.07, 6.45) is 3.28. The molecule has 0 fully saturated rings. The fraction of sp³-hybridized carbons (Fsp3) is 0.471. The van der Waals surface area contributed by atoms with Crippen LogP contribution in [0.3, 0.4) is 0 Å². The topological polar surface area (TPSA) is 24.9 Å². The number of nitrogens with one attached hydrogen (secondary N) is 1. The van der Waals surface area contributed by atoms with Crippen molar-refractivity contribution in [2.24, 2.45) is 0 Å². The number of aryl methyl sites for hydroxylation is 2. The Morgan fingerprint density at radius 3 is 2.35 bits per heavy atom. The van der Waals surface area contributed by atoms with Gasteiger partial charge in [0, 0.05) is 4.88 Å². The number of fused-ring (bicyclic) bond motifs is 1. The Morgan fingerprint density at radius 1 is 1.20 bits per heavy atom. The molecule has 0 spiro atoms. The highest BCUT2D eigenvalue weighted by molar-refractivity contribution is 7.11. The first-order chi connectivity index (χ1) is 9.64. The monoisotopic (exact) mass is 286 g/mol. The molecule has 0 bridgehead atoms. The fourth-order valence-corrected chi connectivity index (χ4v) is 4.09. The van der Waals surface area contributed by atoms with Gasteiger partial charge in [-0.1, -0.05) is 31.2 Å². The molecule has 1 aromatic heterocycles. The maximum atomic E-state index is 4.86. The average Bonchev–Trinajstić information content (AvgIpc) is 2.98. The maximum absolute atomic E-state index is 4.86. The molecule has 2 nitrogen and oxygen atoms in total. The van der Waals surface area contributed by atoms with Crippen LogP contribution in [0.1, 0.15) is 40.1 Å². The van der Waals surface area contributed by atoms with Crippen LogP contribution < -0.4 is 5.32 Å². The number of hydrogen-bond donors (Lipinski definition) is 1. The van der Waals surface area contributed by atoms with Gasteiger partial charge in [-0.2, -0.15) is 0 Å².